The second kappa shape index (κ2) is 18.6. The monoisotopic (exact) mass is 794 g/mol. The highest BCUT2D eigenvalue weighted by Gasteiger charge is 2.65. The SMILES string of the molecule is C=CCO[C@@]12Oc3ccc(Oc4cccc(C=O)c4)cc3[C@H]3[C@H](CCCCO)[C@@H](CCCCO)C=C(C(=NOC)C[C@@H]1N(CCC)C(=O)c1ccc4c(c1)OCO4)[C@H]32. The molecule has 7 rings (SSSR count). The van der Waals surface area contributed by atoms with Gasteiger partial charge in [-0.05, 0) is 98.0 Å². The molecular formula is C46H54N2O10. The molecule has 1 fully saturated rings. The van der Waals surface area contributed by atoms with E-state index in [2.05, 4.69) is 17.8 Å². The van der Waals surface area contributed by atoms with Crippen LogP contribution in [0, 0.1) is 17.8 Å². The van der Waals surface area contributed by atoms with Gasteiger partial charge in [-0.2, -0.15) is 0 Å². The molecule has 2 N–H and O–H groups in total. The first-order valence-corrected chi connectivity index (χ1v) is 20.4. The van der Waals surface area contributed by atoms with Crippen LogP contribution in [0.15, 0.2) is 90.1 Å². The number of ether oxygens (including phenoxy) is 5. The lowest BCUT2D eigenvalue weighted by Crippen LogP contribution is -2.70. The minimum Gasteiger partial charge on any atom is -0.459 e. The fraction of sp³-hybridized carbons (Fsp3) is 0.457. The average molecular weight is 795 g/mol. The van der Waals surface area contributed by atoms with E-state index in [9.17, 15) is 19.8 Å². The van der Waals surface area contributed by atoms with Crippen LogP contribution in [0.2, 0.25) is 0 Å². The van der Waals surface area contributed by atoms with E-state index >= 15 is 0 Å². The number of aliphatic hydroxyl groups excluding tert-OH is 2. The molecule has 1 amide bonds. The number of hydrogen-bond donors (Lipinski definition) is 2. The zero-order chi connectivity index (χ0) is 40.6. The average Bonchev–Trinajstić information content (AvgIpc) is 3.72. The Morgan fingerprint density at radius 2 is 1.76 bits per heavy atom. The third-order valence-corrected chi connectivity index (χ3v) is 11.8. The van der Waals surface area contributed by atoms with Crippen LogP contribution in [-0.2, 0) is 9.57 Å². The van der Waals surface area contributed by atoms with Gasteiger partial charge in [-0.3, -0.25) is 9.59 Å². The second-order valence-electron chi connectivity index (χ2n) is 15.3. The Bertz CT molecular complexity index is 2010. The number of benzene rings is 3. The Balaban J connectivity index is 1.43. The van der Waals surface area contributed by atoms with E-state index in [0.717, 1.165) is 43.1 Å². The van der Waals surface area contributed by atoms with Crippen LogP contribution in [0.25, 0.3) is 0 Å². The van der Waals surface area contributed by atoms with Gasteiger partial charge in [0.25, 0.3) is 5.91 Å². The third kappa shape index (κ3) is 8.10. The van der Waals surface area contributed by atoms with Crippen LogP contribution < -0.4 is 18.9 Å². The second-order valence-corrected chi connectivity index (χ2v) is 15.3. The summed E-state index contributed by atoms with van der Waals surface area (Å²) in [4.78, 5) is 34.0. The maximum atomic E-state index is 14.9. The molecule has 3 aromatic carbocycles. The molecule has 4 aliphatic rings. The molecule has 58 heavy (non-hydrogen) atoms. The lowest BCUT2D eigenvalue weighted by atomic mass is 9.55. The van der Waals surface area contributed by atoms with Crippen molar-refractivity contribution in [3.05, 3.63) is 102 Å². The van der Waals surface area contributed by atoms with Crippen LogP contribution in [0.3, 0.4) is 0 Å². The first-order valence-electron chi connectivity index (χ1n) is 20.4. The molecule has 6 atom stereocenters. The quantitative estimate of drug-likeness (QED) is 0.0533. The van der Waals surface area contributed by atoms with Gasteiger partial charge in [0.05, 0.1) is 18.2 Å². The summed E-state index contributed by atoms with van der Waals surface area (Å²) in [6.45, 7) is 6.89. The van der Waals surface area contributed by atoms with Gasteiger partial charge in [-0.25, -0.2) is 0 Å². The Morgan fingerprint density at radius 3 is 2.52 bits per heavy atom. The predicted molar refractivity (Wildman–Crippen MR) is 218 cm³/mol. The number of aldehydes is 1. The van der Waals surface area contributed by atoms with Crippen molar-refractivity contribution in [2.45, 2.75) is 76.0 Å². The van der Waals surface area contributed by atoms with E-state index in [-0.39, 0.29) is 50.3 Å². The number of oxime groups is 1. The highest BCUT2D eigenvalue weighted by molar-refractivity contribution is 6.03. The molecule has 0 radical (unpaired) electrons. The first-order chi connectivity index (χ1) is 28.4. The minimum atomic E-state index is -1.39. The molecule has 2 aliphatic carbocycles. The molecule has 0 unspecified atom stereocenters. The summed E-state index contributed by atoms with van der Waals surface area (Å²) < 4.78 is 32.0. The number of allylic oxidation sites excluding steroid dienone is 1. The number of unbranched alkanes of at least 4 members (excludes halogenated alkanes) is 2. The third-order valence-electron chi connectivity index (χ3n) is 11.8. The minimum absolute atomic E-state index is 0.0497. The standard InChI is InChI=1S/C46H54N2O10/c1-4-19-48(45(52)32-15-17-40-41(25-32)55-29-54-40)42-27-38(47-53-3)36-24-31(12-6-8-20-49)35(14-7-9-21-50)43-37-26-34(57-33-13-10-11-30(23-33)28-51)16-18-39(37)58-46(42,44(36)43)56-22-5-2/h5,10-11,13,15-18,23-26,28,31,35,42-44,49-50H,2,4,6-9,12,14,19-22,27,29H2,1,3H3/t31-,35+,42-,43+,44+,46+/m0/s1. The molecule has 0 saturated heterocycles. The van der Waals surface area contributed by atoms with Crippen molar-refractivity contribution in [3.63, 3.8) is 0 Å². The Morgan fingerprint density at radius 1 is 0.983 bits per heavy atom. The maximum absolute atomic E-state index is 14.9. The van der Waals surface area contributed by atoms with Gasteiger partial charge >= 0.3 is 0 Å². The number of rotatable bonds is 19. The highest BCUT2D eigenvalue weighted by atomic mass is 16.7. The van der Waals surface area contributed by atoms with E-state index in [4.69, 9.17) is 28.5 Å². The summed E-state index contributed by atoms with van der Waals surface area (Å²) in [5, 5.41) is 24.4. The van der Waals surface area contributed by atoms with Crippen LogP contribution in [0.5, 0.6) is 28.7 Å². The van der Waals surface area contributed by atoms with Gasteiger partial charge in [0.1, 0.15) is 36.7 Å². The number of carbonyl (C=O) groups is 2. The molecular weight excluding hydrogens is 741 g/mol. The zero-order valence-corrected chi connectivity index (χ0v) is 33.3. The van der Waals surface area contributed by atoms with E-state index in [1.807, 2.05) is 36.1 Å². The summed E-state index contributed by atoms with van der Waals surface area (Å²) in [5.74, 6) is 0.680. The lowest BCUT2D eigenvalue weighted by Gasteiger charge is -2.60. The van der Waals surface area contributed by atoms with Crippen molar-refractivity contribution in [2.24, 2.45) is 22.9 Å². The Hall–Kier alpha value is -5.17. The Labute approximate surface area is 340 Å². The summed E-state index contributed by atoms with van der Waals surface area (Å²) in [6, 6.07) is 17.4. The number of amides is 1. The number of carbonyl (C=O) groups excluding carboxylic acids is 2. The van der Waals surface area contributed by atoms with Crippen molar-refractivity contribution in [1.29, 1.82) is 0 Å². The smallest absolute Gasteiger partial charge is 0.254 e. The molecule has 12 nitrogen and oxygen atoms in total. The van der Waals surface area contributed by atoms with Crippen molar-refractivity contribution in [3.8, 4) is 28.7 Å². The highest BCUT2D eigenvalue weighted by Crippen LogP contribution is 2.62. The van der Waals surface area contributed by atoms with Gasteiger partial charge in [0.15, 0.2) is 11.5 Å². The lowest BCUT2D eigenvalue weighted by molar-refractivity contribution is -0.254. The van der Waals surface area contributed by atoms with Crippen molar-refractivity contribution in [2.75, 3.05) is 40.3 Å². The van der Waals surface area contributed by atoms with E-state index in [1.165, 1.54) is 7.11 Å². The summed E-state index contributed by atoms with van der Waals surface area (Å²) >= 11 is 0. The molecule has 3 aromatic rings. The van der Waals surface area contributed by atoms with E-state index in [0.29, 0.717) is 77.8 Å². The summed E-state index contributed by atoms with van der Waals surface area (Å²) in [7, 11) is 1.53. The van der Waals surface area contributed by atoms with Gasteiger partial charge < -0.3 is 43.6 Å². The number of nitrogens with zero attached hydrogens (tertiary/aromatic N) is 2. The van der Waals surface area contributed by atoms with Crippen LogP contribution >= 0.6 is 0 Å². The van der Waals surface area contributed by atoms with Gasteiger partial charge in [0.2, 0.25) is 12.6 Å². The number of hydrogen-bond acceptors (Lipinski definition) is 11. The summed E-state index contributed by atoms with van der Waals surface area (Å²) in [6.07, 6.45) is 10.3. The first kappa shape index (κ1) is 41.0. The normalized spacial score (nSPS) is 24.5. The van der Waals surface area contributed by atoms with Crippen LogP contribution in [0.1, 0.15) is 90.5 Å². The predicted octanol–water partition coefficient (Wildman–Crippen LogP) is 7.84. The molecule has 0 bridgehead atoms. The van der Waals surface area contributed by atoms with Crippen molar-refractivity contribution >= 4 is 17.9 Å². The number of fused-ring (bicyclic) bond motifs is 3. The molecule has 12 heteroatoms. The molecule has 2 aliphatic heterocycles. The fourth-order valence-electron chi connectivity index (χ4n) is 9.44. The Kier molecular flexibility index (Phi) is 13.2. The van der Waals surface area contributed by atoms with Crippen molar-refractivity contribution < 1.29 is 48.3 Å². The number of aliphatic hydroxyl groups is 2. The molecule has 1 saturated carbocycles. The van der Waals surface area contributed by atoms with Gasteiger partial charge in [0, 0.05) is 48.8 Å². The topological polar surface area (TPSA) is 146 Å². The van der Waals surface area contributed by atoms with Crippen LogP contribution in [0.4, 0.5) is 0 Å². The molecule has 0 spiro atoms. The fourth-order valence-corrected chi connectivity index (χ4v) is 9.44. The van der Waals surface area contributed by atoms with Crippen molar-refractivity contribution in [1.82, 2.24) is 4.90 Å². The van der Waals surface area contributed by atoms with Gasteiger partial charge in [-0.1, -0.05) is 49.2 Å². The van der Waals surface area contributed by atoms with E-state index in [1.54, 1.807) is 42.5 Å². The summed E-state index contributed by atoms with van der Waals surface area (Å²) in [5.41, 5.74) is 3.55. The molecule has 2 heterocycles. The van der Waals surface area contributed by atoms with Gasteiger partial charge in [-0.15, -0.1) is 6.58 Å². The zero-order valence-electron chi connectivity index (χ0n) is 33.3. The maximum Gasteiger partial charge on any atom is 0.254 e. The molecule has 308 valence electrons. The van der Waals surface area contributed by atoms with Crippen LogP contribution in [-0.4, -0.2) is 85.1 Å². The largest absolute Gasteiger partial charge is 0.459 e. The molecule has 0 aromatic heterocycles. The van der Waals surface area contributed by atoms with E-state index < -0.39 is 17.7 Å².